The van der Waals surface area contributed by atoms with Crippen molar-refractivity contribution < 1.29 is 27.1 Å². The highest BCUT2D eigenvalue weighted by Crippen LogP contribution is 2.16. The van der Waals surface area contributed by atoms with E-state index in [4.69, 9.17) is 5.11 Å². The predicted octanol–water partition coefficient (Wildman–Crippen LogP) is 1.06. The third-order valence-corrected chi connectivity index (χ3v) is 4.21. The highest BCUT2D eigenvalue weighted by molar-refractivity contribution is 7.89. The molecule has 1 N–H and O–H groups in total. The number of hydrogen-bond donors (Lipinski definition) is 1. The first-order chi connectivity index (χ1) is 8.78. The second-order valence-electron chi connectivity index (χ2n) is 3.53. The molecule has 1 rings (SSSR count). The number of carboxylic acids is 1. The molecule has 0 spiro atoms. The van der Waals surface area contributed by atoms with Gasteiger partial charge in [0.25, 0.3) is 6.43 Å². The zero-order valence-electron chi connectivity index (χ0n) is 9.95. The number of hydrogen-bond acceptors (Lipinski definition) is 4. The number of sulfonamides is 1. The summed E-state index contributed by atoms with van der Waals surface area (Å²) in [6, 6.07) is 2.03. The molecule has 0 aliphatic carbocycles. The average Bonchev–Trinajstić information content (AvgIpc) is 2.35. The SMILES string of the molecule is CCN(CC(F)F)S(=O)(=O)c1ccc(C(=O)O)nc1. The normalized spacial score (nSPS) is 12.1. The smallest absolute Gasteiger partial charge is 0.354 e. The van der Waals surface area contributed by atoms with E-state index in [1.165, 1.54) is 6.92 Å². The van der Waals surface area contributed by atoms with Gasteiger partial charge >= 0.3 is 5.97 Å². The summed E-state index contributed by atoms with van der Waals surface area (Å²) < 4.78 is 49.2. The van der Waals surface area contributed by atoms with Crippen LogP contribution in [0, 0.1) is 0 Å². The van der Waals surface area contributed by atoms with Gasteiger partial charge in [-0.1, -0.05) is 6.92 Å². The highest BCUT2D eigenvalue weighted by Gasteiger charge is 2.26. The van der Waals surface area contributed by atoms with E-state index in [1.807, 2.05) is 0 Å². The Kier molecular flexibility index (Phi) is 4.90. The summed E-state index contributed by atoms with van der Waals surface area (Å²) in [5.74, 6) is -1.30. The van der Waals surface area contributed by atoms with E-state index in [0.29, 0.717) is 4.31 Å². The van der Waals surface area contributed by atoms with Gasteiger partial charge in [0.1, 0.15) is 10.6 Å². The molecule has 0 atom stereocenters. The Bertz CT molecular complexity index is 545. The Hall–Kier alpha value is -1.61. The predicted molar refractivity (Wildman–Crippen MR) is 61.6 cm³/mol. The van der Waals surface area contributed by atoms with Gasteiger partial charge in [-0.2, -0.15) is 4.31 Å². The number of nitrogens with zero attached hydrogens (tertiary/aromatic N) is 2. The van der Waals surface area contributed by atoms with Crippen LogP contribution in [-0.2, 0) is 10.0 Å². The van der Waals surface area contributed by atoms with Crippen LogP contribution in [0.2, 0.25) is 0 Å². The van der Waals surface area contributed by atoms with Crippen molar-refractivity contribution in [1.82, 2.24) is 9.29 Å². The molecule has 0 radical (unpaired) electrons. The first-order valence-corrected chi connectivity index (χ1v) is 6.70. The van der Waals surface area contributed by atoms with Crippen LogP contribution in [0.15, 0.2) is 23.2 Å². The van der Waals surface area contributed by atoms with Crippen LogP contribution in [0.4, 0.5) is 8.78 Å². The molecule has 0 fully saturated rings. The van der Waals surface area contributed by atoms with Gasteiger partial charge in [0.05, 0.1) is 6.54 Å². The molecular formula is C10H12F2N2O4S. The topological polar surface area (TPSA) is 87.6 Å². The van der Waals surface area contributed by atoms with Crippen LogP contribution < -0.4 is 0 Å². The van der Waals surface area contributed by atoms with Crippen molar-refractivity contribution in [2.24, 2.45) is 0 Å². The number of carbonyl (C=O) groups is 1. The number of alkyl halides is 2. The van der Waals surface area contributed by atoms with Crippen LogP contribution in [0.5, 0.6) is 0 Å². The largest absolute Gasteiger partial charge is 0.477 e. The van der Waals surface area contributed by atoms with E-state index in [1.54, 1.807) is 0 Å². The Labute approximate surface area is 108 Å². The van der Waals surface area contributed by atoms with Crippen molar-refractivity contribution in [1.29, 1.82) is 0 Å². The lowest BCUT2D eigenvalue weighted by Gasteiger charge is -2.19. The Morgan fingerprint density at radius 2 is 2.11 bits per heavy atom. The van der Waals surface area contributed by atoms with Crippen LogP contribution in [0.3, 0.4) is 0 Å². The zero-order valence-corrected chi connectivity index (χ0v) is 10.8. The van der Waals surface area contributed by atoms with E-state index >= 15 is 0 Å². The summed E-state index contributed by atoms with van der Waals surface area (Å²) in [5, 5.41) is 8.63. The van der Waals surface area contributed by atoms with Gasteiger partial charge in [-0.25, -0.2) is 27.0 Å². The van der Waals surface area contributed by atoms with E-state index in [9.17, 15) is 22.0 Å². The van der Waals surface area contributed by atoms with Crippen LogP contribution >= 0.6 is 0 Å². The summed E-state index contributed by atoms with van der Waals surface area (Å²) in [7, 11) is -4.09. The van der Waals surface area contributed by atoms with Gasteiger partial charge in [0.2, 0.25) is 10.0 Å². The van der Waals surface area contributed by atoms with Crippen LogP contribution in [-0.4, -0.2) is 48.3 Å². The van der Waals surface area contributed by atoms with Gasteiger partial charge < -0.3 is 5.11 Å². The van der Waals surface area contributed by atoms with Crippen LogP contribution in [0.25, 0.3) is 0 Å². The van der Waals surface area contributed by atoms with Crippen molar-refractivity contribution in [3.05, 3.63) is 24.0 Å². The first-order valence-electron chi connectivity index (χ1n) is 5.26. The number of pyridine rings is 1. The van der Waals surface area contributed by atoms with E-state index in [0.717, 1.165) is 18.3 Å². The second-order valence-corrected chi connectivity index (χ2v) is 5.47. The van der Waals surface area contributed by atoms with Gasteiger partial charge in [-0.05, 0) is 12.1 Å². The first kappa shape index (κ1) is 15.4. The van der Waals surface area contributed by atoms with Crippen molar-refractivity contribution in [3.63, 3.8) is 0 Å². The van der Waals surface area contributed by atoms with Crippen molar-refractivity contribution in [2.45, 2.75) is 18.2 Å². The molecule has 0 unspecified atom stereocenters. The van der Waals surface area contributed by atoms with Gasteiger partial charge in [0.15, 0.2) is 0 Å². The van der Waals surface area contributed by atoms with Gasteiger partial charge in [-0.15, -0.1) is 0 Å². The molecular weight excluding hydrogens is 282 g/mol. The van der Waals surface area contributed by atoms with Crippen molar-refractivity contribution >= 4 is 16.0 Å². The van der Waals surface area contributed by atoms with Gasteiger partial charge in [0, 0.05) is 12.7 Å². The van der Waals surface area contributed by atoms with Gasteiger partial charge in [-0.3, -0.25) is 0 Å². The summed E-state index contributed by atoms with van der Waals surface area (Å²) in [6.45, 7) is 0.395. The maximum Gasteiger partial charge on any atom is 0.354 e. The average molecular weight is 294 g/mol. The van der Waals surface area contributed by atoms with E-state index < -0.39 is 29.0 Å². The number of aromatic nitrogens is 1. The lowest BCUT2D eigenvalue weighted by molar-refractivity contribution is 0.0690. The molecule has 9 heteroatoms. The molecule has 0 aliphatic rings. The monoisotopic (exact) mass is 294 g/mol. The van der Waals surface area contributed by atoms with E-state index in [2.05, 4.69) is 4.98 Å². The fourth-order valence-corrected chi connectivity index (χ4v) is 2.73. The molecule has 0 amide bonds. The van der Waals surface area contributed by atoms with E-state index in [-0.39, 0.29) is 17.1 Å². The Morgan fingerprint density at radius 1 is 1.47 bits per heavy atom. The highest BCUT2D eigenvalue weighted by atomic mass is 32.2. The van der Waals surface area contributed by atoms with Crippen molar-refractivity contribution in [3.8, 4) is 0 Å². The quantitative estimate of drug-likeness (QED) is 0.847. The third-order valence-electron chi connectivity index (χ3n) is 2.29. The Balaban J connectivity index is 3.08. The molecule has 1 heterocycles. The van der Waals surface area contributed by atoms with Crippen molar-refractivity contribution in [2.75, 3.05) is 13.1 Å². The summed E-state index contributed by atoms with van der Waals surface area (Å²) in [6.07, 6.45) is -1.95. The zero-order chi connectivity index (χ0) is 14.6. The minimum Gasteiger partial charge on any atom is -0.477 e. The standard InChI is InChI=1S/C10H12F2N2O4S/c1-2-14(6-9(11)12)19(17,18)7-3-4-8(10(15)16)13-5-7/h3-5,9H,2,6H2,1H3,(H,15,16). The molecule has 19 heavy (non-hydrogen) atoms. The lowest BCUT2D eigenvalue weighted by Crippen LogP contribution is -2.35. The maximum absolute atomic E-state index is 12.3. The summed E-state index contributed by atoms with van der Waals surface area (Å²) >= 11 is 0. The number of halogens is 2. The molecule has 0 bridgehead atoms. The molecule has 0 aliphatic heterocycles. The second kappa shape index (κ2) is 6.02. The number of rotatable bonds is 6. The molecule has 1 aromatic rings. The molecule has 0 aromatic carbocycles. The molecule has 0 saturated carbocycles. The molecule has 0 saturated heterocycles. The minimum absolute atomic E-state index is 0.118. The number of aromatic carboxylic acids is 1. The molecule has 1 aromatic heterocycles. The third kappa shape index (κ3) is 3.67. The summed E-state index contributed by atoms with van der Waals surface area (Å²) in [4.78, 5) is 13.7. The fourth-order valence-electron chi connectivity index (χ4n) is 1.36. The van der Waals surface area contributed by atoms with Crippen LogP contribution in [0.1, 0.15) is 17.4 Å². The fraction of sp³-hybridized carbons (Fsp3) is 0.400. The number of carboxylic acid groups (broad SMARTS) is 1. The summed E-state index contributed by atoms with van der Waals surface area (Å²) in [5.41, 5.74) is -0.323. The molecule has 106 valence electrons. The molecule has 6 nitrogen and oxygen atoms in total. The Morgan fingerprint density at radius 3 is 2.47 bits per heavy atom. The minimum atomic E-state index is -4.09. The lowest BCUT2D eigenvalue weighted by atomic mass is 10.4. The maximum atomic E-state index is 12.3.